The lowest BCUT2D eigenvalue weighted by Crippen LogP contribution is -2.04. The number of benzene rings is 2. The molecule has 1 atom stereocenters. The van der Waals surface area contributed by atoms with Crippen LogP contribution in [0, 0.1) is 0 Å². The first-order valence-electron chi connectivity index (χ1n) is 5.44. The second-order valence-electron chi connectivity index (χ2n) is 3.72. The maximum absolute atomic E-state index is 12.2. The number of hydrogen-bond donors (Lipinski definition) is 0. The zero-order valence-corrected chi connectivity index (χ0v) is 10.5. The first-order valence-corrected chi connectivity index (χ1v) is 6.73. The second-order valence-corrected chi connectivity index (χ2v) is 4.46. The summed E-state index contributed by atoms with van der Waals surface area (Å²) in [7, 11) is -0.870. The fourth-order valence-electron chi connectivity index (χ4n) is 1.75. The van der Waals surface area contributed by atoms with Crippen LogP contribution in [0.1, 0.15) is 21.5 Å². The van der Waals surface area contributed by atoms with Crippen molar-refractivity contribution < 1.29 is 9.36 Å². The van der Waals surface area contributed by atoms with Gasteiger partial charge in [-0.2, -0.15) is 0 Å². The molecule has 0 aromatic heterocycles. The van der Waals surface area contributed by atoms with Crippen molar-refractivity contribution in [2.45, 2.75) is 6.16 Å². The Morgan fingerprint density at radius 1 is 0.941 bits per heavy atom. The van der Waals surface area contributed by atoms with Crippen molar-refractivity contribution in [3.05, 3.63) is 71.3 Å². The van der Waals surface area contributed by atoms with Gasteiger partial charge in [0.2, 0.25) is 0 Å². The third-order valence-corrected chi connectivity index (χ3v) is 3.21. The first kappa shape index (κ1) is 11.8. The summed E-state index contributed by atoms with van der Waals surface area (Å²) in [6.45, 7) is 0. The molecular weight excluding hydrogens is 231 g/mol. The Kier molecular flexibility index (Phi) is 3.89. The Hall–Kier alpha value is -1.66. The molecule has 0 amide bonds. The number of carbonyl (C=O) groups excluding carboxylic acids is 1. The van der Waals surface area contributed by atoms with E-state index in [0.29, 0.717) is 17.3 Å². The van der Waals surface area contributed by atoms with E-state index < -0.39 is 8.46 Å². The van der Waals surface area contributed by atoms with Crippen LogP contribution in [0.4, 0.5) is 0 Å². The van der Waals surface area contributed by atoms with Gasteiger partial charge in [-0.1, -0.05) is 54.6 Å². The summed E-state index contributed by atoms with van der Waals surface area (Å²) in [5.41, 5.74) is 2.19. The van der Waals surface area contributed by atoms with Crippen LogP contribution in [0.15, 0.2) is 54.6 Å². The summed E-state index contributed by atoms with van der Waals surface area (Å²) in [6, 6.07) is 16.5. The Labute approximate surface area is 101 Å². The van der Waals surface area contributed by atoms with Crippen LogP contribution in [0.5, 0.6) is 0 Å². The van der Waals surface area contributed by atoms with E-state index in [2.05, 4.69) is 0 Å². The van der Waals surface area contributed by atoms with Gasteiger partial charge >= 0.3 is 0 Å². The average molecular weight is 244 g/mol. The van der Waals surface area contributed by atoms with E-state index in [1.165, 1.54) is 0 Å². The Bertz CT molecular complexity index is 535. The van der Waals surface area contributed by atoms with Gasteiger partial charge in [-0.05, 0) is 5.56 Å². The summed E-state index contributed by atoms with van der Waals surface area (Å²) >= 11 is 0. The fraction of sp³-hybridized carbons (Fsp3) is 0.0714. The molecule has 0 aliphatic rings. The van der Waals surface area contributed by atoms with Crippen molar-refractivity contribution in [2.75, 3.05) is 0 Å². The zero-order valence-electron chi connectivity index (χ0n) is 9.30. The molecule has 2 nitrogen and oxygen atoms in total. The topological polar surface area (TPSA) is 34.1 Å². The average Bonchev–Trinajstić information content (AvgIpc) is 2.40. The molecule has 0 N–H and O–H groups in total. The maximum atomic E-state index is 12.2. The predicted octanol–water partition coefficient (Wildman–Crippen LogP) is 3.17. The number of ketones is 1. The van der Waals surface area contributed by atoms with Crippen molar-refractivity contribution in [3.8, 4) is 0 Å². The van der Waals surface area contributed by atoms with Gasteiger partial charge in [-0.25, -0.2) is 0 Å². The molecular formula is C14H13O2P. The van der Waals surface area contributed by atoms with Gasteiger partial charge in [0.1, 0.15) is 0 Å². The SMILES string of the molecule is O=[PH2]Cc1ccccc1C(=O)c1ccccc1. The van der Waals surface area contributed by atoms with Crippen molar-refractivity contribution in [1.82, 2.24) is 0 Å². The highest BCUT2D eigenvalue weighted by atomic mass is 31.1. The highest BCUT2D eigenvalue weighted by molar-refractivity contribution is 7.22. The monoisotopic (exact) mass is 244 g/mol. The molecule has 86 valence electrons. The van der Waals surface area contributed by atoms with Crippen LogP contribution in [0.3, 0.4) is 0 Å². The predicted molar refractivity (Wildman–Crippen MR) is 70.4 cm³/mol. The lowest BCUT2D eigenvalue weighted by molar-refractivity contribution is 0.103. The smallest absolute Gasteiger partial charge is 0.193 e. The number of hydrogen-bond acceptors (Lipinski definition) is 2. The third kappa shape index (κ3) is 2.72. The summed E-state index contributed by atoms with van der Waals surface area (Å²) in [6.07, 6.45) is 0.481. The highest BCUT2D eigenvalue weighted by Gasteiger charge is 2.11. The first-order chi connectivity index (χ1) is 8.33. The van der Waals surface area contributed by atoms with Gasteiger partial charge in [0.05, 0.1) is 8.46 Å². The Morgan fingerprint density at radius 3 is 2.29 bits per heavy atom. The summed E-state index contributed by atoms with van der Waals surface area (Å²) in [5, 5.41) is 0. The molecule has 2 aromatic carbocycles. The summed E-state index contributed by atoms with van der Waals surface area (Å²) in [5.74, 6) is -0.00551. The van der Waals surface area contributed by atoms with Crippen molar-refractivity contribution in [2.24, 2.45) is 0 Å². The third-order valence-electron chi connectivity index (χ3n) is 2.60. The van der Waals surface area contributed by atoms with Crippen LogP contribution < -0.4 is 0 Å². The molecule has 0 spiro atoms. The van der Waals surface area contributed by atoms with Crippen LogP contribution in [-0.2, 0) is 10.7 Å². The maximum Gasteiger partial charge on any atom is 0.193 e. The Morgan fingerprint density at radius 2 is 1.59 bits per heavy atom. The molecule has 0 heterocycles. The number of rotatable bonds is 4. The van der Waals surface area contributed by atoms with E-state index in [-0.39, 0.29) is 5.78 Å². The molecule has 2 aromatic rings. The second kappa shape index (κ2) is 5.60. The van der Waals surface area contributed by atoms with Crippen LogP contribution in [0.2, 0.25) is 0 Å². The molecule has 17 heavy (non-hydrogen) atoms. The minimum absolute atomic E-state index is 0.00551. The molecule has 0 radical (unpaired) electrons. The highest BCUT2D eigenvalue weighted by Crippen LogP contribution is 2.18. The molecule has 0 saturated carbocycles. The van der Waals surface area contributed by atoms with E-state index in [1.807, 2.05) is 36.4 Å². The standard InChI is InChI=1S/C14H13O2P/c15-14(11-6-2-1-3-7-11)13-9-5-4-8-12(13)10-17-16/h1-9H,10,17H2. The van der Waals surface area contributed by atoms with Gasteiger partial charge < -0.3 is 4.57 Å². The minimum Gasteiger partial charge on any atom is -0.330 e. The van der Waals surface area contributed by atoms with E-state index in [0.717, 1.165) is 5.56 Å². The van der Waals surface area contributed by atoms with Crippen molar-refractivity contribution in [3.63, 3.8) is 0 Å². The number of carbonyl (C=O) groups is 1. The van der Waals surface area contributed by atoms with Gasteiger partial charge in [-0.15, -0.1) is 0 Å². The van der Waals surface area contributed by atoms with Gasteiger partial charge in [-0.3, -0.25) is 4.79 Å². The summed E-state index contributed by atoms with van der Waals surface area (Å²) < 4.78 is 10.8. The molecule has 0 aliphatic carbocycles. The van der Waals surface area contributed by atoms with E-state index in [1.54, 1.807) is 18.2 Å². The van der Waals surface area contributed by atoms with Crippen LogP contribution in [0.25, 0.3) is 0 Å². The van der Waals surface area contributed by atoms with E-state index in [9.17, 15) is 9.36 Å². The molecule has 1 unspecified atom stereocenters. The summed E-state index contributed by atoms with van der Waals surface area (Å²) in [4.78, 5) is 12.2. The molecule has 0 bridgehead atoms. The Balaban J connectivity index is 2.40. The van der Waals surface area contributed by atoms with Crippen LogP contribution >= 0.6 is 8.46 Å². The van der Waals surface area contributed by atoms with Gasteiger partial charge in [0, 0.05) is 17.3 Å². The largest absolute Gasteiger partial charge is 0.330 e. The van der Waals surface area contributed by atoms with E-state index >= 15 is 0 Å². The lowest BCUT2D eigenvalue weighted by atomic mass is 9.99. The molecule has 3 heteroatoms. The van der Waals surface area contributed by atoms with Crippen molar-refractivity contribution in [1.29, 1.82) is 0 Å². The van der Waals surface area contributed by atoms with Gasteiger partial charge in [0.25, 0.3) is 0 Å². The van der Waals surface area contributed by atoms with Gasteiger partial charge in [0.15, 0.2) is 5.78 Å². The molecule has 0 saturated heterocycles. The molecule has 0 aliphatic heterocycles. The molecule has 2 rings (SSSR count). The quantitative estimate of drug-likeness (QED) is 0.611. The van der Waals surface area contributed by atoms with E-state index in [4.69, 9.17) is 0 Å². The minimum atomic E-state index is -0.870. The fourth-order valence-corrected chi connectivity index (χ4v) is 2.29. The normalized spacial score (nSPS) is 10.8. The molecule has 0 fully saturated rings. The van der Waals surface area contributed by atoms with Crippen LogP contribution in [-0.4, -0.2) is 5.78 Å². The zero-order chi connectivity index (χ0) is 12.1. The van der Waals surface area contributed by atoms with Crippen molar-refractivity contribution >= 4 is 14.2 Å². The lowest BCUT2D eigenvalue weighted by Gasteiger charge is -2.06.